The van der Waals surface area contributed by atoms with Gasteiger partial charge in [0.25, 0.3) is 0 Å². The molecule has 0 fully saturated rings. The topological polar surface area (TPSA) is 46.5 Å². The van der Waals surface area contributed by atoms with Crippen LogP contribution in [0.3, 0.4) is 0 Å². The third-order valence-corrected chi connectivity index (χ3v) is 2.88. The summed E-state index contributed by atoms with van der Waals surface area (Å²) in [5.74, 6) is -0.254. The fraction of sp³-hybridized carbons (Fsp3) is 0.727. The number of hydrogen-bond acceptors (Lipinski definition) is 3. The van der Waals surface area contributed by atoms with Crippen molar-refractivity contribution in [1.82, 2.24) is 0 Å². The molecule has 0 aromatic rings. The number of nitrogens with zero attached hydrogens (tertiary/aromatic N) is 1. The van der Waals surface area contributed by atoms with Gasteiger partial charge < -0.3 is 17.5 Å². The molecule has 17 heavy (non-hydrogen) atoms. The molecule has 6 heteroatoms. The van der Waals surface area contributed by atoms with Crippen LogP contribution in [0.4, 0.5) is 0 Å². The fourth-order valence-corrected chi connectivity index (χ4v) is 1.22. The lowest BCUT2D eigenvalue weighted by molar-refractivity contribution is -1.08. The van der Waals surface area contributed by atoms with Crippen LogP contribution in [0.15, 0.2) is 12.2 Å². The molecular weight excluding hydrogens is 265 g/mol. The van der Waals surface area contributed by atoms with Crippen molar-refractivity contribution in [1.29, 1.82) is 0 Å². The van der Waals surface area contributed by atoms with E-state index in [0.29, 0.717) is 12.0 Å². The van der Waals surface area contributed by atoms with Crippen molar-refractivity contribution in [2.45, 2.75) is 32.4 Å². The second kappa shape index (κ2) is 7.93. The van der Waals surface area contributed by atoms with Crippen LogP contribution in [0.1, 0.15) is 20.3 Å². The quantitative estimate of drug-likeness (QED) is 0.279. The number of alkyl halides is 1. The molecule has 0 rings (SSSR count). The summed E-state index contributed by atoms with van der Waals surface area (Å²) < 4.78 is 0.0413. The van der Waals surface area contributed by atoms with Crippen LogP contribution >= 0.6 is 11.6 Å². The highest BCUT2D eigenvalue weighted by Crippen LogP contribution is 2.15. The minimum absolute atomic E-state index is 0. The molecular formula is C11H21Cl2NO3. The molecule has 0 aliphatic rings. The SMILES string of the molecule is C=C(C)C(=O)O[N+](C)(C)C(C)CC(O)CCl.[Cl-]. The molecule has 0 radical (unpaired) electrons. The van der Waals surface area contributed by atoms with Crippen molar-refractivity contribution in [3.63, 3.8) is 0 Å². The summed E-state index contributed by atoms with van der Waals surface area (Å²) in [5.41, 5.74) is 0.358. The van der Waals surface area contributed by atoms with Gasteiger partial charge in [-0.05, 0) is 13.8 Å². The van der Waals surface area contributed by atoms with Gasteiger partial charge in [-0.1, -0.05) is 6.58 Å². The number of carbonyl (C=O) groups excluding carboxylic acids is 1. The molecule has 0 saturated heterocycles. The van der Waals surface area contributed by atoms with Crippen LogP contribution in [0, 0.1) is 0 Å². The van der Waals surface area contributed by atoms with Crippen molar-refractivity contribution in [3.05, 3.63) is 12.2 Å². The molecule has 0 bridgehead atoms. The standard InChI is InChI=1S/C11H21ClNO3.ClH/c1-8(2)11(15)16-13(4,5)9(3)6-10(14)7-12;/h9-10,14H,1,6-7H2,2-5H3;1H/q+1;/p-1. The molecule has 4 nitrogen and oxygen atoms in total. The van der Waals surface area contributed by atoms with Crippen molar-refractivity contribution in [3.8, 4) is 0 Å². The first-order valence-corrected chi connectivity index (χ1v) is 5.71. The largest absolute Gasteiger partial charge is 1.00 e. The fourth-order valence-electron chi connectivity index (χ4n) is 1.09. The van der Waals surface area contributed by atoms with Crippen LogP contribution in [-0.2, 0) is 9.63 Å². The number of rotatable bonds is 6. The molecule has 0 aliphatic heterocycles. The first-order valence-electron chi connectivity index (χ1n) is 5.17. The van der Waals surface area contributed by atoms with E-state index in [9.17, 15) is 9.90 Å². The molecule has 0 saturated carbocycles. The molecule has 0 amide bonds. The summed E-state index contributed by atoms with van der Waals surface area (Å²) in [4.78, 5) is 16.6. The Kier molecular flexibility index (Phi) is 8.89. The maximum Gasteiger partial charge on any atom is 0.392 e. The average molecular weight is 286 g/mol. The van der Waals surface area contributed by atoms with E-state index in [0.717, 1.165) is 0 Å². The molecule has 2 unspecified atom stereocenters. The second-order valence-corrected chi connectivity index (χ2v) is 4.79. The Bertz CT molecular complexity index is 269. The molecule has 102 valence electrons. The number of hydrogen-bond donors (Lipinski definition) is 1. The number of quaternary nitrogens is 1. The van der Waals surface area contributed by atoms with Crippen LogP contribution in [0.25, 0.3) is 0 Å². The minimum atomic E-state index is -0.586. The maximum absolute atomic E-state index is 11.4. The lowest BCUT2D eigenvalue weighted by atomic mass is 10.1. The molecule has 2 atom stereocenters. The Morgan fingerprint density at radius 1 is 1.53 bits per heavy atom. The highest BCUT2D eigenvalue weighted by Gasteiger charge is 2.31. The van der Waals surface area contributed by atoms with Gasteiger partial charge in [0.1, 0.15) is 20.1 Å². The van der Waals surface area contributed by atoms with E-state index in [-0.39, 0.29) is 29.0 Å². The third-order valence-electron chi connectivity index (χ3n) is 2.52. The van der Waals surface area contributed by atoms with Crippen LogP contribution in [0.5, 0.6) is 0 Å². The summed E-state index contributed by atoms with van der Waals surface area (Å²) >= 11 is 5.52. The highest BCUT2D eigenvalue weighted by atomic mass is 35.5. The van der Waals surface area contributed by atoms with E-state index in [1.165, 1.54) is 0 Å². The molecule has 1 N–H and O–H groups in total. The summed E-state index contributed by atoms with van der Waals surface area (Å²) in [5, 5.41) is 9.43. The van der Waals surface area contributed by atoms with E-state index in [2.05, 4.69) is 6.58 Å². The van der Waals surface area contributed by atoms with E-state index in [4.69, 9.17) is 16.4 Å². The zero-order chi connectivity index (χ0) is 12.9. The zero-order valence-electron chi connectivity index (χ0n) is 10.7. The van der Waals surface area contributed by atoms with E-state index in [1.807, 2.05) is 6.92 Å². The van der Waals surface area contributed by atoms with Gasteiger partial charge in [-0.15, -0.1) is 16.2 Å². The first-order chi connectivity index (χ1) is 7.20. The Balaban J connectivity index is 0. The van der Waals surface area contributed by atoms with Crippen molar-refractivity contribution < 1.29 is 31.8 Å². The maximum atomic E-state index is 11.4. The molecule has 0 heterocycles. The summed E-state index contributed by atoms with van der Waals surface area (Å²) in [7, 11) is 3.51. The number of aliphatic hydroxyl groups excluding tert-OH is 1. The van der Waals surface area contributed by atoms with E-state index >= 15 is 0 Å². The smallest absolute Gasteiger partial charge is 0.392 e. The van der Waals surface area contributed by atoms with Gasteiger partial charge in [-0.25, -0.2) is 4.79 Å². The van der Waals surface area contributed by atoms with E-state index in [1.54, 1.807) is 21.0 Å². The summed E-state index contributed by atoms with van der Waals surface area (Å²) in [6.07, 6.45) is -0.113. The molecule has 0 spiro atoms. The Labute approximate surface area is 114 Å². The predicted octanol–water partition coefficient (Wildman–Crippen LogP) is -1.52. The van der Waals surface area contributed by atoms with Crippen LogP contribution in [0.2, 0.25) is 0 Å². The van der Waals surface area contributed by atoms with Gasteiger partial charge in [-0.3, -0.25) is 4.84 Å². The molecule has 0 aromatic carbocycles. The second-order valence-electron chi connectivity index (χ2n) is 4.49. The van der Waals surface area contributed by atoms with Gasteiger partial charge in [0, 0.05) is 17.9 Å². The van der Waals surface area contributed by atoms with Crippen molar-refractivity contribution in [2.75, 3.05) is 20.0 Å². The minimum Gasteiger partial charge on any atom is -1.00 e. The Morgan fingerprint density at radius 3 is 2.35 bits per heavy atom. The number of halogens is 2. The lowest BCUT2D eigenvalue weighted by Crippen LogP contribution is -3.00. The monoisotopic (exact) mass is 285 g/mol. The molecule has 0 aromatic heterocycles. The zero-order valence-corrected chi connectivity index (χ0v) is 12.3. The predicted molar refractivity (Wildman–Crippen MR) is 63.8 cm³/mol. The van der Waals surface area contributed by atoms with Gasteiger partial charge in [0.2, 0.25) is 0 Å². The average Bonchev–Trinajstić information content (AvgIpc) is 2.16. The number of aliphatic hydroxyl groups is 1. The Morgan fingerprint density at radius 2 is 2.00 bits per heavy atom. The Hall–Kier alpha value is -0.290. The lowest BCUT2D eigenvalue weighted by Gasteiger charge is -2.32. The van der Waals surface area contributed by atoms with Crippen molar-refractivity contribution in [2.24, 2.45) is 0 Å². The van der Waals surface area contributed by atoms with E-state index < -0.39 is 12.1 Å². The van der Waals surface area contributed by atoms with Gasteiger partial charge in [0.05, 0.1) is 6.10 Å². The van der Waals surface area contributed by atoms with Crippen LogP contribution in [-0.4, -0.2) is 47.8 Å². The normalized spacial score (nSPS) is 14.5. The summed E-state index contributed by atoms with van der Waals surface area (Å²) in [6, 6.07) is -0.0444. The highest BCUT2D eigenvalue weighted by molar-refractivity contribution is 6.18. The van der Waals surface area contributed by atoms with Crippen molar-refractivity contribution >= 4 is 17.6 Å². The van der Waals surface area contributed by atoms with Crippen LogP contribution < -0.4 is 12.4 Å². The van der Waals surface area contributed by atoms with Gasteiger partial charge >= 0.3 is 5.97 Å². The van der Waals surface area contributed by atoms with Gasteiger partial charge in [0.15, 0.2) is 0 Å². The number of hydroxylamine groups is 3. The third kappa shape index (κ3) is 6.88. The molecule has 0 aliphatic carbocycles. The number of carbonyl (C=O) groups is 1. The summed E-state index contributed by atoms with van der Waals surface area (Å²) in [6.45, 7) is 7.01. The first kappa shape index (κ1) is 19.1. The van der Waals surface area contributed by atoms with Gasteiger partial charge in [-0.2, -0.15) is 0 Å².